The Morgan fingerprint density at radius 1 is 1.12 bits per heavy atom. The highest BCUT2D eigenvalue weighted by Gasteiger charge is 1.87. The van der Waals surface area contributed by atoms with Gasteiger partial charge in [0.2, 0.25) is 0 Å². The van der Waals surface area contributed by atoms with Gasteiger partial charge in [0.25, 0.3) is 0 Å². The lowest BCUT2D eigenvalue weighted by Gasteiger charge is -1.98. The van der Waals surface area contributed by atoms with Gasteiger partial charge in [0, 0.05) is 0 Å². The molecule has 4 N–H and O–H groups in total. The lowest BCUT2D eigenvalue weighted by atomic mass is 10.1. The Kier molecular flexibility index (Phi) is 4.61. The maximum Gasteiger partial charge on any atom is -0.00400 e. The van der Waals surface area contributed by atoms with Crippen molar-refractivity contribution in [3.8, 4) is 0 Å². The Hall–Kier alpha value is -0.340. The van der Waals surface area contributed by atoms with Crippen molar-refractivity contribution in [2.75, 3.05) is 13.1 Å². The van der Waals surface area contributed by atoms with Crippen LogP contribution in [-0.2, 0) is 0 Å². The van der Waals surface area contributed by atoms with Gasteiger partial charge >= 0.3 is 0 Å². The van der Waals surface area contributed by atoms with E-state index >= 15 is 0 Å². The van der Waals surface area contributed by atoms with E-state index in [-0.39, 0.29) is 0 Å². The predicted molar refractivity (Wildman–Crippen MR) is 36.5 cm³/mol. The molecule has 0 spiro atoms. The molecule has 0 aromatic carbocycles. The molecule has 0 fully saturated rings. The normalized spacial score (nSPS) is 9.25. The minimum Gasteiger partial charge on any atom is -0.330 e. The zero-order valence-corrected chi connectivity index (χ0v) is 5.19. The molecule has 48 valence electrons. The van der Waals surface area contributed by atoms with Crippen LogP contribution in [0.2, 0.25) is 0 Å². The van der Waals surface area contributed by atoms with Gasteiger partial charge in [-0.2, -0.15) is 0 Å². The van der Waals surface area contributed by atoms with Crippen molar-refractivity contribution in [3.05, 3.63) is 12.2 Å². The van der Waals surface area contributed by atoms with E-state index in [2.05, 4.69) is 6.58 Å². The molecule has 0 aliphatic rings. The van der Waals surface area contributed by atoms with Crippen LogP contribution >= 0.6 is 0 Å². The first-order chi connectivity index (χ1) is 3.81. The van der Waals surface area contributed by atoms with E-state index in [1.165, 1.54) is 0 Å². The Morgan fingerprint density at radius 3 is 1.75 bits per heavy atom. The summed E-state index contributed by atoms with van der Waals surface area (Å²) in [6.07, 6.45) is 1.83. The molecule has 0 aromatic rings. The summed E-state index contributed by atoms with van der Waals surface area (Å²) < 4.78 is 0. The zero-order chi connectivity index (χ0) is 6.41. The maximum atomic E-state index is 5.26. The monoisotopic (exact) mass is 114 g/mol. The summed E-state index contributed by atoms with van der Waals surface area (Å²) in [4.78, 5) is 0. The van der Waals surface area contributed by atoms with Gasteiger partial charge < -0.3 is 11.5 Å². The maximum absolute atomic E-state index is 5.26. The van der Waals surface area contributed by atoms with E-state index in [9.17, 15) is 0 Å². The summed E-state index contributed by atoms with van der Waals surface area (Å²) in [7, 11) is 0. The van der Waals surface area contributed by atoms with Crippen LogP contribution in [0, 0.1) is 0 Å². The van der Waals surface area contributed by atoms with Crippen LogP contribution in [0.15, 0.2) is 12.2 Å². The van der Waals surface area contributed by atoms with Gasteiger partial charge in [-0.05, 0) is 25.9 Å². The number of nitrogens with two attached hydrogens (primary N) is 2. The summed E-state index contributed by atoms with van der Waals surface area (Å²) in [5.74, 6) is 0. The van der Waals surface area contributed by atoms with E-state index in [0.717, 1.165) is 18.4 Å². The SMILES string of the molecule is C=C(CCN)CCN. The first kappa shape index (κ1) is 7.66. The molecule has 2 nitrogen and oxygen atoms in total. The van der Waals surface area contributed by atoms with Crippen LogP contribution in [0.4, 0.5) is 0 Å². The van der Waals surface area contributed by atoms with Gasteiger partial charge in [-0.3, -0.25) is 0 Å². The van der Waals surface area contributed by atoms with E-state index < -0.39 is 0 Å². The molecular formula is C6H14N2. The standard InChI is InChI=1S/C6H14N2/c1-6(2-4-7)3-5-8/h1-5,7-8H2. The summed E-state index contributed by atoms with van der Waals surface area (Å²) in [6, 6.07) is 0. The molecule has 0 atom stereocenters. The van der Waals surface area contributed by atoms with Gasteiger partial charge in [-0.1, -0.05) is 12.2 Å². The van der Waals surface area contributed by atoms with Gasteiger partial charge in [-0.25, -0.2) is 0 Å². The molecule has 0 aliphatic heterocycles. The van der Waals surface area contributed by atoms with Gasteiger partial charge in [0.05, 0.1) is 0 Å². The molecule has 0 unspecified atom stereocenters. The lowest BCUT2D eigenvalue weighted by Crippen LogP contribution is -2.04. The van der Waals surface area contributed by atoms with Crippen molar-refractivity contribution in [2.24, 2.45) is 11.5 Å². The van der Waals surface area contributed by atoms with E-state index in [1.807, 2.05) is 0 Å². The minimum atomic E-state index is 0.693. The fourth-order valence-electron chi connectivity index (χ4n) is 0.533. The summed E-state index contributed by atoms with van der Waals surface area (Å²) in [6.45, 7) is 5.16. The third-order valence-electron chi connectivity index (χ3n) is 0.996. The van der Waals surface area contributed by atoms with Gasteiger partial charge in [0.15, 0.2) is 0 Å². The largest absolute Gasteiger partial charge is 0.330 e. The van der Waals surface area contributed by atoms with Crippen LogP contribution in [0.5, 0.6) is 0 Å². The molecule has 0 aromatic heterocycles. The Bertz CT molecular complexity index is 60.9. The molecule has 0 heterocycles. The number of rotatable bonds is 4. The molecule has 0 amide bonds. The first-order valence-corrected chi connectivity index (χ1v) is 2.88. The van der Waals surface area contributed by atoms with E-state index in [4.69, 9.17) is 11.5 Å². The zero-order valence-electron chi connectivity index (χ0n) is 5.19. The van der Waals surface area contributed by atoms with Gasteiger partial charge in [-0.15, -0.1) is 0 Å². The molecule has 0 radical (unpaired) electrons. The first-order valence-electron chi connectivity index (χ1n) is 2.88. The van der Waals surface area contributed by atoms with Crippen molar-refractivity contribution >= 4 is 0 Å². The second-order valence-electron chi connectivity index (χ2n) is 1.83. The Balaban J connectivity index is 3.06. The third-order valence-corrected chi connectivity index (χ3v) is 0.996. The van der Waals surface area contributed by atoms with Crippen molar-refractivity contribution in [2.45, 2.75) is 12.8 Å². The molecule has 8 heavy (non-hydrogen) atoms. The van der Waals surface area contributed by atoms with E-state index in [1.54, 1.807) is 0 Å². The van der Waals surface area contributed by atoms with Crippen molar-refractivity contribution in [1.82, 2.24) is 0 Å². The Labute approximate surface area is 50.6 Å². The average molecular weight is 114 g/mol. The second-order valence-corrected chi connectivity index (χ2v) is 1.83. The smallest absolute Gasteiger partial charge is 0.00400 e. The van der Waals surface area contributed by atoms with Crippen LogP contribution in [0.3, 0.4) is 0 Å². The predicted octanol–water partition coefficient (Wildman–Crippen LogP) is 0.240. The number of hydrogen-bond donors (Lipinski definition) is 2. The minimum absolute atomic E-state index is 0.693. The molecule has 0 aliphatic carbocycles. The molecule has 0 saturated carbocycles. The van der Waals surface area contributed by atoms with Crippen LogP contribution in [-0.4, -0.2) is 13.1 Å². The van der Waals surface area contributed by atoms with Gasteiger partial charge in [0.1, 0.15) is 0 Å². The number of hydrogen-bond acceptors (Lipinski definition) is 2. The fraction of sp³-hybridized carbons (Fsp3) is 0.667. The van der Waals surface area contributed by atoms with Crippen LogP contribution in [0.1, 0.15) is 12.8 Å². The summed E-state index contributed by atoms with van der Waals surface area (Å²) in [5, 5.41) is 0. The highest BCUT2D eigenvalue weighted by Crippen LogP contribution is 1.98. The topological polar surface area (TPSA) is 52.0 Å². The quantitative estimate of drug-likeness (QED) is 0.514. The molecular weight excluding hydrogens is 100 g/mol. The molecule has 0 saturated heterocycles. The van der Waals surface area contributed by atoms with Crippen LogP contribution < -0.4 is 11.5 Å². The summed E-state index contributed by atoms with van der Waals surface area (Å²) >= 11 is 0. The summed E-state index contributed by atoms with van der Waals surface area (Å²) in [5.41, 5.74) is 11.7. The van der Waals surface area contributed by atoms with Crippen molar-refractivity contribution in [1.29, 1.82) is 0 Å². The van der Waals surface area contributed by atoms with Crippen molar-refractivity contribution < 1.29 is 0 Å². The second kappa shape index (κ2) is 4.81. The third kappa shape index (κ3) is 3.84. The van der Waals surface area contributed by atoms with Crippen LogP contribution in [0.25, 0.3) is 0 Å². The average Bonchev–Trinajstić information content (AvgIpc) is 1.68. The van der Waals surface area contributed by atoms with Crippen molar-refractivity contribution in [3.63, 3.8) is 0 Å². The molecule has 0 bridgehead atoms. The fourth-order valence-corrected chi connectivity index (χ4v) is 0.533. The molecule has 0 rings (SSSR count). The lowest BCUT2D eigenvalue weighted by molar-refractivity contribution is 0.854. The highest BCUT2D eigenvalue weighted by atomic mass is 14.5. The highest BCUT2D eigenvalue weighted by molar-refractivity contribution is 4.93. The van der Waals surface area contributed by atoms with E-state index in [0.29, 0.717) is 13.1 Å². The Morgan fingerprint density at radius 2 is 1.50 bits per heavy atom. The molecule has 2 heteroatoms.